The third kappa shape index (κ3) is 6.06. The van der Waals surface area contributed by atoms with Crippen LogP contribution < -0.4 is 5.32 Å². The fourth-order valence-electron chi connectivity index (χ4n) is 2.43. The van der Waals surface area contributed by atoms with Gasteiger partial charge in [0.15, 0.2) is 0 Å². The first-order valence-corrected chi connectivity index (χ1v) is 7.13. The molecule has 1 saturated carbocycles. The van der Waals surface area contributed by atoms with Crippen molar-refractivity contribution in [2.75, 3.05) is 13.2 Å². The van der Waals surface area contributed by atoms with Crippen LogP contribution >= 0.6 is 0 Å². The van der Waals surface area contributed by atoms with Crippen molar-refractivity contribution < 1.29 is 9.53 Å². The summed E-state index contributed by atoms with van der Waals surface area (Å²) in [5.41, 5.74) is 0. The zero-order chi connectivity index (χ0) is 12.5. The van der Waals surface area contributed by atoms with Crippen LogP contribution in [0.15, 0.2) is 0 Å². The van der Waals surface area contributed by atoms with E-state index in [2.05, 4.69) is 19.2 Å². The van der Waals surface area contributed by atoms with Gasteiger partial charge in [-0.3, -0.25) is 4.79 Å². The van der Waals surface area contributed by atoms with Gasteiger partial charge in [0.1, 0.15) is 0 Å². The van der Waals surface area contributed by atoms with Gasteiger partial charge in [-0.15, -0.1) is 0 Å². The van der Waals surface area contributed by atoms with Gasteiger partial charge in [-0.2, -0.15) is 0 Å². The Morgan fingerprint density at radius 1 is 1.35 bits per heavy atom. The zero-order valence-corrected chi connectivity index (χ0v) is 11.3. The molecule has 1 rings (SSSR count). The number of unbranched alkanes of at least 4 members (excludes halogenated alkanes) is 1. The quantitative estimate of drug-likeness (QED) is 0.550. The predicted octanol–water partition coefficient (Wildman–Crippen LogP) is 2.89. The van der Waals surface area contributed by atoms with Crippen LogP contribution in [0.4, 0.5) is 0 Å². The minimum absolute atomic E-state index is 0.110. The molecule has 0 heterocycles. The summed E-state index contributed by atoms with van der Waals surface area (Å²) in [6.07, 6.45) is 8.71. The van der Waals surface area contributed by atoms with E-state index in [0.29, 0.717) is 19.2 Å². The maximum atomic E-state index is 11.4. The van der Waals surface area contributed by atoms with Crippen molar-refractivity contribution in [3.8, 4) is 0 Å². The van der Waals surface area contributed by atoms with Crippen molar-refractivity contribution in [2.24, 2.45) is 5.92 Å². The molecule has 0 radical (unpaired) electrons. The van der Waals surface area contributed by atoms with Gasteiger partial charge >= 0.3 is 5.97 Å². The molecule has 0 amide bonds. The van der Waals surface area contributed by atoms with Crippen LogP contribution in [0.3, 0.4) is 0 Å². The molecule has 1 fully saturated rings. The van der Waals surface area contributed by atoms with Gasteiger partial charge in [0.25, 0.3) is 0 Å². The lowest BCUT2D eigenvalue weighted by molar-refractivity contribution is -0.142. The number of hydrogen-bond donors (Lipinski definition) is 1. The van der Waals surface area contributed by atoms with Crippen LogP contribution in [-0.4, -0.2) is 25.2 Å². The molecule has 0 aromatic rings. The highest BCUT2D eigenvalue weighted by atomic mass is 16.5. The summed E-state index contributed by atoms with van der Waals surface area (Å²) in [6, 6.07) is 0.439. The molecule has 100 valence electrons. The molecule has 17 heavy (non-hydrogen) atoms. The summed E-state index contributed by atoms with van der Waals surface area (Å²) in [7, 11) is 0. The second-order valence-electron chi connectivity index (χ2n) is 5.14. The van der Waals surface area contributed by atoms with E-state index in [-0.39, 0.29) is 5.97 Å². The Balaban J connectivity index is 2.09. The first kappa shape index (κ1) is 14.5. The molecule has 0 aromatic carbocycles. The van der Waals surface area contributed by atoms with E-state index in [1.54, 1.807) is 0 Å². The first-order valence-electron chi connectivity index (χ1n) is 7.13. The molecular formula is C14H27NO2. The lowest BCUT2D eigenvalue weighted by atomic mass is 9.84. The molecule has 1 aliphatic rings. The van der Waals surface area contributed by atoms with Crippen LogP contribution in [0.2, 0.25) is 0 Å². The minimum Gasteiger partial charge on any atom is -0.465 e. The van der Waals surface area contributed by atoms with Gasteiger partial charge < -0.3 is 10.1 Å². The van der Waals surface area contributed by atoms with E-state index in [4.69, 9.17) is 4.74 Å². The Bertz CT molecular complexity index is 212. The van der Waals surface area contributed by atoms with Crippen LogP contribution in [-0.2, 0) is 9.53 Å². The van der Waals surface area contributed by atoms with E-state index < -0.39 is 0 Å². The molecule has 0 bridgehead atoms. The number of rotatable bonds is 7. The molecule has 0 saturated heterocycles. The molecule has 0 aliphatic heterocycles. The van der Waals surface area contributed by atoms with Crippen molar-refractivity contribution in [3.63, 3.8) is 0 Å². The molecule has 3 nitrogen and oxygen atoms in total. The van der Waals surface area contributed by atoms with Crippen LogP contribution in [0, 0.1) is 5.92 Å². The monoisotopic (exact) mass is 241 g/mol. The number of carbonyl (C=O) groups is 1. The Morgan fingerprint density at radius 2 is 2.06 bits per heavy atom. The number of hydrogen-bond acceptors (Lipinski definition) is 3. The molecule has 0 spiro atoms. The highest BCUT2D eigenvalue weighted by Gasteiger charge is 2.20. The van der Waals surface area contributed by atoms with E-state index in [1.807, 2.05) is 0 Å². The molecular weight excluding hydrogens is 214 g/mol. The molecule has 1 N–H and O–H groups in total. The maximum Gasteiger partial charge on any atom is 0.319 e. The Labute approximate surface area is 105 Å². The van der Waals surface area contributed by atoms with Gasteiger partial charge in [-0.25, -0.2) is 0 Å². The van der Waals surface area contributed by atoms with Gasteiger partial charge in [-0.05, 0) is 32.1 Å². The second kappa shape index (κ2) is 8.51. The fourth-order valence-corrected chi connectivity index (χ4v) is 2.43. The van der Waals surface area contributed by atoms with E-state index in [9.17, 15) is 4.79 Å². The van der Waals surface area contributed by atoms with Gasteiger partial charge in [0.05, 0.1) is 13.2 Å². The normalized spacial score (nSPS) is 18.9. The number of ether oxygens (including phenoxy) is 1. The average Bonchev–Trinajstić information content (AvgIpc) is 2.37. The lowest BCUT2D eigenvalue weighted by Gasteiger charge is -2.28. The van der Waals surface area contributed by atoms with Gasteiger partial charge in [0.2, 0.25) is 0 Å². The molecule has 1 atom stereocenters. The molecule has 0 aromatic heterocycles. The largest absolute Gasteiger partial charge is 0.465 e. The van der Waals surface area contributed by atoms with Gasteiger partial charge in [0, 0.05) is 6.04 Å². The van der Waals surface area contributed by atoms with E-state index in [0.717, 1.165) is 18.8 Å². The summed E-state index contributed by atoms with van der Waals surface area (Å²) in [5, 5.41) is 3.30. The lowest BCUT2D eigenvalue weighted by Crippen LogP contribution is -2.38. The third-order valence-corrected chi connectivity index (χ3v) is 3.69. The third-order valence-electron chi connectivity index (χ3n) is 3.69. The number of carbonyl (C=O) groups excluding carboxylic acids is 1. The summed E-state index contributed by atoms with van der Waals surface area (Å²) < 4.78 is 5.12. The van der Waals surface area contributed by atoms with Crippen LogP contribution in [0.1, 0.15) is 58.8 Å². The summed E-state index contributed by atoms with van der Waals surface area (Å²) in [4.78, 5) is 11.4. The predicted molar refractivity (Wildman–Crippen MR) is 69.9 cm³/mol. The summed E-state index contributed by atoms with van der Waals surface area (Å²) >= 11 is 0. The van der Waals surface area contributed by atoms with Gasteiger partial charge in [-0.1, -0.05) is 32.6 Å². The topological polar surface area (TPSA) is 38.3 Å². The van der Waals surface area contributed by atoms with Crippen molar-refractivity contribution in [3.05, 3.63) is 0 Å². The van der Waals surface area contributed by atoms with E-state index >= 15 is 0 Å². The zero-order valence-electron chi connectivity index (χ0n) is 11.3. The fraction of sp³-hybridized carbons (Fsp3) is 0.929. The van der Waals surface area contributed by atoms with Crippen molar-refractivity contribution in [2.45, 2.75) is 64.8 Å². The number of nitrogens with one attached hydrogen (secondary N) is 1. The van der Waals surface area contributed by atoms with Crippen molar-refractivity contribution >= 4 is 5.97 Å². The Kier molecular flexibility index (Phi) is 7.25. The maximum absolute atomic E-state index is 11.4. The average molecular weight is 241 g/mol. The Morgan fingerprint density at radius 3 is 2.71 bits per heavy atom. The SMILES string of the molecule is CCCCOC(=O)CN[C@H](C)C1CCCCC1. The summed E-state index contributed by atoms with van der Waals surface area (Å²) in [5.74, 6) is 0.633. The van der Waals surface area contributed by atoms with Crippen LogP contribution in [0.5, 0.6) is 0 Å². The Hall–Kier alpha value is -0.570. The van der Waals surface area contributed by atoms with Crippen LogP contribution in [0.25, 0.3) is 0 Å². The molecule has 3 heteroatoms. The standard InChI is InChI=1S/C14H27NO2/c1-3-4-10-17-14(16)11-15-12(2)13-8-6-5-7-9-13/h12-13,15H,3-11H2,1-2H3/t12-/m1/s1. The highest BCUT2D eigenvalue weighted by Crippen LogP contribution is 2.26. The summed E-state index contributed by atoms with van der Waals surface area (Å²) in [6.45, 7) is 5.21. The van der Waals surface area contributed by atoms with E-state index in [1.165, 1.54) is 32.1 Å². The highest BCUT2D eigenvalue weighted by molar-refractivity contribution is 5.71. The first-order chi connectivity index (χ1) is 8.24. The second-order valence-corrected chi connectivity index (χ2v) is 5.14. The molecule has 1 aliphatic carbocycles. The number of esters is 1. The van der Waals surface area contributed by atoms with Crippen molar-refractivity contribution in [1.29, 1.82) is 0 Å². The smallest absolute Gasteiger partial charge is 0.319 e. The molecule has 0 unspecified atom stereocenters. The minimum atomic E-state index is -0.110. The van der Waals surface area contributed by atoms with Crippen molar-refractivity contribution in [1.82, 2.24) is 5.32 Å².